The Hall–Kier alpha value is -0.610. The van der Waals surface area contributed by atoms with E-state index in [0.717, 1.165) is 13.1 Å². The Labute approximate surface area is 85.8 Å². The molecule has 0 spiro atoms. The van der Waals surface area contributed by atoms with Gasteiger partial charge in [0.25, 0.3) is 0 Å². The lowest BCUT2D eigenvalue weighted by Gasteiger charge is -2.35. The molecule has 0 radical (unpaired) electrons. The molecular weight excluding hydrogens is 178 g/mol. The van der Waals surface area contributed by atoms with Crippen LogP contribution >= 0.6 is 0 Å². The van der Waals surface area contributed by atoms with Crippen LogP contribution in [0.1, 0.15) is 20.8 Å². The van der Waals surface area contributed by atoms with E-state index in [4.69, 9.17) is 5.73 Å². The van der Waals surface area contributed by atoms with Crippen LogP contribution in [0.25, 0.3) is 0 Å². The van der Waals surface area contributed by atoms with Crippen LogP contribution < -0.4 is 11.1 Å². The van der Waals surface area contributed by atoms with E-state index in [9.17, 15) is 4.79 Å². The number of nitrogens with two attached hydrogens (primary N) is 1. The smallest absolute Gasteiger partial charge is 0.234 e. The minimum absolute atomic E-state index is 0.121. The molecule has 1 rings (SSSR count). The van der Waals surface area contributed by atoms with Crippen molar-refractivity contribution in [2.24, 2.45) is 11.7 Å². The van der Waals surface area contributed by atoms with Gasteiger partial charge in [0.1, 0.15) is 0 Å². The molecule has 2 atom stereocenters. The Bertz CT molecular complexity index is 204. The highest BCUT2D eigenvalue weighted by Crippen LogP contribution is 2.08. The number of rotatable bonds is 3. The van der Waals surface area contributed by atoms with E-state index in [-0.39, 0.29) is 18.0 Å². The van der Waals surface area contributed by atoms with Gasteiger partial charge >= 0.3 is 0 Å². The molecule has 4 nitrogen and oxygen atoms in total. The average Bonchev–Trinajstić information content (AvgIpc) is 2.01. The summed E-state index contributed by atoms with van der Waals surface area (Å²) in [4.78, 5) is 13.5. The van der Waals surface area contributed by atoms with Gasteiger partial charge in [0.15, 0.2) is 0 Å². The lowest BCUT2D eigenvalue weighted by molar-refractivity contribution is -0.126. The van der Waals surface area contributed by atoms with Gasteiger partial charge in [-0.3, -0.25) is 9.69 Å². The third-order valence-corrected chi connectivity index (χ3v) is 2.52. The molecule has 1 aliphatic rings. The van der Waals surface area contributed by atoms with Crippen LogP contribution in [0.2, 0.25) is 0 Å². The van der Waals surface area contributed by atoms with Gasteiger partial charge in [-0.2, -0.15) is 0 Å². The second kappa shape index (κ2) is 4.75. The van der Waals surface area contributed by atoms with Crippen LogP contribution in [0.4, 0.5) is 0 Å². The lowest BCUT2D eigenvalue weighted by Crippen LogP contribution is -2.57. The van der Waals surface area contributed by atoms with Crippen molar-refractivity contribution >= 4 is 5.91 Å². The molecule has 14 heavy (non-hydrogen) atoms. The fourth-order valence-electron chi connectivity index (χ4n) is 1.77. The second-order valence-electron chi connectivity index (χ2n) is 4.59. The van der Waals surface area contributed by atoms with Crippen molar-refractivity contribution in [3.8, 4) is 0 Å². The van der Waals surface area contributed by atoms with Gasteiger partial charge in [-0.1, -0.05) is 13.8 Å². The van der Waals surface area contributed by atoms with Crippen molar-refractivity contribution in [2.45, 2.75) is 32.9 Å². The van der Waals surface area contributed by atoms with Crippen molar-refractivity contribution in [2.75, 3.05) is 19.6 Å². The maximum Gasteiger partial charge on any atom is 0.234 e. The molecule has 82 valence electrons. The second-order valence-corrected chi connectivity index (χ2v) is 4.59. The summed E-state index contributed by atoms with van der Waals surface area (Å²) in [5, 5.41) is 3.00. The van der Waals surface area contributed by atoms with Crippen molar-refractivity contribution < 1.29 is 4.79 Å². The molecule has 0 aromatic carbocycles. The molecule has 0 bridgehead atoms. The first-order chi connectivity index (χ1) is 6.49. The van der Waals surface area contributed by atoms with Crippen LogP contribution in [0.15, 0.2) is 0 Å². The van der Waals surface area contributed by atoms with E-state index in [1.165, 1.54) is 0 Å². The summed E-state index contributed by atoms with van der Waals surface area (Å²) in [7, 11) is 0. The number of piperazine rings is 1. The van der Waals surface area contributed by atoms with Crippen LogP contribution in [0.5, 0.6) is 0 Å². The number of hydrogen-bond donors (Lipinski definition) is 2. The number of hydrogen-bond acceptors (Lipinski definition) is 3. The molecule has 3 N–H and O–H groups in total. The Morgan fingerprint density at radius 3 is 2.71 bits per heavy atom. The van der Waals surface area contributed by atoms with Gasteiger partial charge in [0.05, 0.1) is 6.54 Å². The number of amides is 1. The first-order valence-electron chi connectivity index (χ1n) is 5.26. The standard InChI is InChI=1S/C10H21N3O/c1-7(2)9-5-13(4-8(3)11)6-10(14)12-9/h7-9H,4-6,11H2,1-3H3,(H,12,14). The third kappa shape index (κ3) is 3.27. The maximum absolute atomic E-state index is 11.4. The summed E-state index contributed by atoms with van der Waals surface area (Å²) in [6.45, 7) is 8.43. The van der Waals surface area contributed by atoms with E-state index in [1.807, 2.05) is 6.92 Å². The number of carbonyl (C=O) groups is 1. The van der Waals surface area contributed by atoms with Crippen molar-refractivity contribution in [3.63, 3.8) is 0 Å². The average molecular weight is 199 g/mol. The molecule has 2 unspecified atom stereocenters. The minimum Gasteiger partial charge on any atom is -0.351 e. The summed E-state index contributed by atoms with van der Waals surface area (Å²) in [5.74, 6) is 0.602. The van der Waals surface area contributed by atoms with E-state index in [0.29, 0.717) is 12.5 Å². The highest BCUT2D eigenvalue weighted by molar-refractivity contribution is 5.79. The van der Waals surface area contributed by atoms with Gasteiger partial charge in [-0.05, 0) is 12.8 Å². The normalized spacial score (nSPS) is 26.4. The van der Waals surface area contributed by atoms with Crippen molar-refractivity contribution in [1.82, 2.24) is 10.2 Å². The summed E-state index contributed by atoms with van der Waals surface area (Å²) in [5.41, 5.74) is 5.72. The molecule has 0 aromatic heterocycles. The molecular formula is C10H21N3O. The first kappa shape index (κ1) is 11.5. The van der Waals surface area contributed by atoms with Gasteiger partial charge < -0.3 is 11.1 Å². The highest BCUT2D eigenvalue weighted by atomic mass is 16.2. The van der Waals surface area contributed by atoms with Gasteiger partial charge in [-0.25, -0.2) is 0 Å². The molecule has 1 heterocycles. The van der Waals surface area contributed by atoms with E-state index < -0.39 is 0 Å². The zero-order valence-electron chi connectivity index (χ0n) is 9.29. The molecule has 1 amide bonds. The van der Waals surface area contributed by atoms with Crippen LogP contribution in [0, 0.1) is 5.92 Å². The molecule has 4 heteroatoms. The Morgan fingerprint density at radius 2 is 2.21 bits per heavy atom. The Balaban J connectivity index is 2.49. The van der Waals surface area contributed by atoms with Crippen LogP contribution in [-0.2, 0) is 4.79 Å². The number of nitrogens with one attached hydrogen (secondary N) is 1. The summed E-state index contributed by atoms with van der Waals surface area (Å²) in [6.07, 6.45) is 0. The zero-order valence-corrected chi connectivity index (χ0v) is 9.29. The van der Waals surface area contributed by atoms with Crippen molar-refractivity contribution in [1.29, 1.82) is 0 Å². The predicted octanol–water partition coefficient (Wildman–Crippen LogP) is -0.210. The fourth-order valence-corrected chi connectivity index (χ4v) is 1.77. The fraction of sp³-hybridized carbons (Fsp3) is 0.900. The quantitative estimate of drug-likeness (QED) is 0.661. The lowest BCUT2D eigenvalue weighted by atomic mass is 10.0. The molecule has 1 aliphatic heterocycles. The summed E-state index contributed by atoms with van der Waals surface area (Å²) < 4.78 is 0. The summed E-state index contributed by atoms with van der Waals surface area (Å²) >= 11 is 0. The SMILES string of the molecule is CC(N)CN1CC(=O)NC(C(C)C)C1. The van der Waals surface area contributed by atoms with E-state index in [2.05, 4.69) is 24.1 Å². The molecule has 0 aliphatic carbocycles. The Kier molecular flexibility index (Phi) is 3.89. The zero-order chi connectivity index (χ0) is 10.7. The molecule has 1 saturated heterocycles. The molecule has 1 fully saturated rings. The van der Waals surface area contributed by atoms with Crippen molar-refractivity contribution in [3.05, 3.63) is 0 Å². The molecule has 0 aromatic rings. The van der Waals surface area contributed by atoms with E-state index >= 15 is 0 Å². The van der Waals surface area contributed by atoms with Crippen LogP contribution in [0.3, 0.4) is 0 Å². The predicted molar refractivity (Wildman–Crippen MR) is 56.9 cm³/mol. The van der Waals surface area contributed by atoms with Gasteiger partial charge in [-0.15, -0.1) is 0 Å². The Morgan fingerprint density at radius 1 is 1.57 bits per heavy atom. The number of nitrogens with zero attached hydrogens (tertiary/aromatic N) is 1. The third-order valence-electron chi connectivity index (χ3n) is 2.52. The van der Waals surface area contributed by atoms with E-state index in [1.54, 1.807) is 0 Å². The molecule has 0 saturated carbocycles. The van der Waals surface area contributed by atoms with Gasteiger partial charge in [0.2, 0.25) is 5.91 Å². The topological polar surface area (TPSA) is 58.4 Å². The number of carbonyl (C=O) groups excluding carboxylic acids is 1. The monoisotopic (exact) mass is 199 g/mol. The summed E-state index contributed by atoms with van der Waals surface area (Å²) in [6, 6.07) is 0.406. The minimum atomic E-state index is 0.121. The largest absolute Gasteiger partial charge is 0.351 e. The maximum atomic E-state index is 11.4. The van der Waals surface area contributed by atoms with Gasteiger partial charge in [0, 0.05) is 25.2 Å². The van der Waals surface area contributed by atoms with Crippen LogP contribution in [-0.4, -0.2) is 42.5 Å². The first-order valence-corrected chi connectivity index (χ1v) is 5.26. The highest BCUT2D eigenvalue weighted by Gasteiger charge is 2.26.